The zero-order chi connectivity index (χ0) is 13.8. The Labute approximate surface area is 115 Å². The molecule has 18 heavy (non-hydrogen) atoms. The number of carbonyl (C=O) groups is 1. The first-order chi connectivity index (χ1) is 8.26. The highest BCUT2D eigenvalue weighted by molar-refractivity contribution is 7.80. The number of nitrogens with two attached hydrogens (primary N) is 1. The summed E-state index contributed by atoms with van der Waals surface area (Å²) in [5.74, 6) is 0.162. The molecule has 0 aliphatic carbocycles. The SMILES string of the molecule is CC(C)(C)CC(=O)NC1CCN(CC(N)=S)CC1. The second-order valence-corrected chi connectivity index (χ2v) is 6.85. The van der Waals surface area contributed by atoms with E-state index < -0.39 is 0 Å². The third-order valence-electron chi connectivity index (χ3n) is 3.02. The minimum atomic E-state index is 0.0521. The first-order valence-electron chi connectivity index (χ1n) is 6.56. The number of nitrogens with one attached hydrogen (secondary N) is 1. The smallest absolute Gasteiger partial charge is 0.220 e. The Bertz CT molecular complexity index is 304. The van der Waals surface area contributed by atoms with Gasteiger partial charge >= 0.3 is 0 Å². The molecule has 104 valence electrons. The van der Waals surface area contributed by atoms with Gasteiger partial charge in [-0.3, -0.25) is 9.69 Å². The topological polar surface area (TPSA) is 58.4 Å². The maximum Gasteiger partial charge on any atom is 0.220 e. The normalized spacial score (nSPS) is 18.6. The number of nitrogens with zero attached hydrogens (tertiary/aromatic N) is 1. The van der Waals surface area contributed by atoms with Crippen LogP contribution in [0.3, 0.4) is 0 Å². The molecule has 1 saturated heterocycles. The second kappa shape index (κ2) is 6.48. The van der Waals surface area contributed by atoms with Gasteiger partial charge in [0.1, 0.15) is 0 Å². The summed E-state index contributed by atoms with van der Waals surface area (Å²) >= 11 is 4.90. The molecule has 0 aromatic rings. The van der Waals surface area contributed by atoms with Gasteiger partial charge in [-0.25, -0.2) is 0 Å². The van der Waals surface area contributed by atoms with Crippen molar-refractivity contribution in [3.05, 3.63) is 0 Å². The van der Waals surface area contributed by atoms with Crippen LogP contribution in [-0.2, 0) is 4.79 Å². The predicted octanol–water partition coefficient (Wildman–Crippen LogP) is 1.29. The molecule has 1 aliphatic heterocycles. The maximum absolute atomic E-state index is 11.8. The average Bonchev–Trinajstić information content (AvgIpc) is 2.17. The summed E-state index contributed by atoms with van der Waals surface area (Å²) in [7, 11) is 0. The molecule has 0 bridgehead atoms. The molecule has 0 aromatic carbocycles. The van der Waals surface area contributed by atoms with Crippen molar-refractivity contribution in [3.63, 3.8) is 0 Å². The molecule has 0 aromatic heterocycles. The van der Waals surface area contributed by atoms with Crippen molar-refractivity contribution in [1.29, 1.82) is 0 Å². The molecular weight excluding hydrogens is 246 g/mol. The van der Waals surface area contributed by atoms with Crippen LogP contribution in [0.5, 0.6) is 0 Å². The van der Waals surface area contributed by atoms with Crippen LogP contribution in [0.25, 0.3) is 0 Å². The highest BCUT2D eigenvalue weighted by atomic mass is 32.1. The van der Waals surface area contributed by atoms with E-state index in [1.54, 1.807) is 0 Å². The third kappa shape index (κ3) is 6.31. The van der Waals surface area contributed by atoms with Gasteiger partial charge in [0.15, 0.2) is 0 Å². The van der Waals surface area contributed by atoms with Crippen LogP contribution in [0.15, 0.2) is 0 Å². The van der Waals surface area contributed by atoms with Gasteiger partial charge in [0.25, 0.3) is 0 Å². The van der Waals surface area contributed by atoms with E-state index >= 15 is 0 Å². The van der Waals surface area contributed by atoms with Crippen molar-refractivity contribution in [2.24, 2.45) is 11.1 Å². The number of hydrogen-bond donors (Lipinski definition) is 2. The Morgan fingerprint density at radius 2 is 1.94 bits per heavy atom. The molecule has 0 radical (unpaired) electrons. The number of amides is 1. The number of carbonyl (C=O) groups excluding carboxylic acids is 1. The van der Waals surface area contributed by atoms with Gasteiger partial charge in [0.2, 0.25) is 5.91 Å². The lowest BCUT2D eigenvalue weighted by atomic mass is 9.91. The van der Waals surface area contributed by atoms with Gasteiger partial charge in [-0.05, 0) is 18.3 Å². The van der Waals surface area contributed by atoms with E-state index in [0.29, 0.717) is 24.0 Å². The van der Waals surface area contributed by atoms with E-state index in [1.165, 1.54) is 0 Å². The zero-order valence-electron chi connectivity index (χ0n) is 11.7. The monoisotopic (exact) mass is 271 g/mol. The predicted molar refractivity (Wildman–Crippen MR) is 78.5 cm³/mol. The van der Waals surface area contributed by atoms with Crippen molar-refractivity contribution in [3.8, 4) is 0 Å². The first-order valence-corrected chi connectivity index (χ1v) is 6.97. The molecule has 0 spiro atoms. The number of likely N-dealkylation sites (tertiary alicyclic amines) is 1. The average molecular weight is 271 g/mol. The zero-order valence-corrected chi connectivity index (χ0v) is 12.5. The Hall–Kier alpha value is -0.680. The van der Waals surface area contributed by atoms with Crippen molar-refractivity contribution in [2.75, 3.05) is 19.6 Å². The molecule has 0 unspecified atom stereocenters. The van der Waals surface area contributed by atoms with Gasteiger partial charge in [-0.1, -0.05) is 33.0 Å². The van der Waals surface area contributed by atoms with Crippen LogP contribution in [0.2, 0.25) is 0 Å². The van der Waals surface area contributed by atoms with E-state index in [4.69, 9.17) is 18.0 Å². The fraction of sp³-hybridized carbons (Fsp3) is 0.846. The highest BCUT2D eigenvalue weighted by Crippen LogP contribution is 2.18. The number of hydrogen-bond acceptors (Lipinski definition) is 3. The molecule has 0 saturated carbocycles. The standard InChI is InChI=1S/C13H25N3OS/c1-13(2,3)8-12(17)15-10-4-6-16(7-5-10)9-11(14)18/h10H,4-9H2,1-3H3,(H2,14,18)(H,15,17). The Morgan fingerprint density at radius 1 is 1.39 bits per heavy atom. The Kier molecular flexibility index (Phi) is 5.53. The van der Waals surface area contributed by atoms with Crippen LogP contribution in [0.1, 0.15) is 40.0 Å². The maximum atomic E-state index is 11.8. The van der Waals surface area contributed by atoms with Crippen molar-refractivity contribution >= 4 is 23.1 Å². The number of rotatable bonds is 4. The quantitative estimate of drug-likeness (QED) is 0.757. The summed E-state index contributed by atoms with van der Waals surface area (Å²) in [6.07, 6.45) is 2.55. The summed E-state index contributed by atoms with van der Waals surface area (Å²) in [6, 6.07) is 0.308. The van der Waals surface area contributed by atoms with Gasteiger partial charge < -0.3 is 11.1 Å². The van der Waals surface area contributed by atoms with Crippen molar-refractivity contribution in [2.45, 2.75) is 46.1 Å². The molecule has 1 amide bonds. The molecule has 0 atom stereocenters. The van der Waals surface area contributed by atoms with E-state index in [0.717, 1.165) is 25.9 Å². The van der Waals surface area contributed by atoms with Crippen LogP contribution < -0.4 is 11.1 Å². The lowest BCUT2D eigenvalue weighted by Gasteiger charge is -2.32. The van der Waals surface area contributed by atoms with Gasteiger partial charge in [-0.15, -0.1) is 0 Å². The lowest BCUT2D eigenvalue weighted by molar-refractivity contribution is -0.123. The van der Waals surface area contributed by atoms with E-state index in [-0.39, 0.29) is 11.3 Å². The minimum absolute atomic E-state index is 0.0521. The van der Waals surface area contributed by atoms with Gasteiger partial charge in [0, 0.05) is 32.1 Å². The van der Waals surface area contributed by atoms with Crippen LogP contribution in [0.4, 0.5) is 0 Å². The number of thiocarbonyl (C=S) groups is 1. The largest absolute Gasteiger partial charge is 0.392 e. The van der Waals surface area contributed by atoms with Crippen LogP contribution >= 0.6 is 12.2 Å². The fourth-order valence-electron chi connectivity index (χ4n) is 2.22. The summed E-state index contributed by atoms with van der Waals surface area (Å²) in [5, 5.41) is 3.12. The fourth-order valence-corrected chi connectivity index (χ4v) is 2.40. The van der Waals surface area contributed by atoms with E-state index in [1.807, 2.05) is 0 Å². The Balaban J connectivity index is 2.27. The van der Waals surface area contributed by atoms with Crippen molar-refractivity contribution in [1.82, 2.24) is 10.2 Å². The summed E-state index contributed by atoms with van der Waals surface area (Å²) < 4.78 is 0. The summed E-state index contributed by atoms with van der Waals surface area (Å²) in [6.45, 7) is 8.85. The molecule has 1 heterocycles. The molecule has 3 N–H and O–H groups in total. The third-order valence-corrected chi connectivity index (χ3v) is 3.15. The molecule has 5 heteroatoms. The number of piperidine rings is 1. The molecule has 1 rings (SSSR count). The van der Waals surface area contributed by atoms with Crippen LogP contribution in [0, 0.1) is 5.41 Å². The van der Waals surface area contributed by atoms with Gasteiger partial charge in [0.05, 0.1) is 4.99 Å². The molecule has 1 fully saturated rings. The highest BCUT2D eigenvalue weighted by Gasteiger charge is 2.22. The Morgan fingerprint density at radius 3 is 2.39 bits per heavy atom. The molecular formula is C13H25N3OS. The molecule has 4 nitrogen and oxygen atoms in total. The van der Waals surface area contributed by atoms with Crippen molar-refractivity contribution < 1.29 is 4.79 Å². The molecule has 1 aliphatic rings. The lowest BCUT2D eigenvalue weighted by Crippen LogP contribution is -2.46. The minimum Gasteiger partial charge on any atom is -0.392 e. The van der Waals surface area contributed by atoms with E-state index in [9.17, 15) is 4.79 Å². The van der Waals surface area contributed by atoms with Crippen LogP contribution in [-0.4, -0.2) is 41.5 Å². The summed E-state index contributed by atoms with van der Waals surface area (Å²) in [4.78, 5) is 14.6. The van der Waals surface area contributed by atoms with Gasteiger partial charge in [-0.2, -0.15) is 0 Å². The summed E-state index contributed by atoms with van der Waals surface area (Å²) in [5.41, 5.74) is 5.58. The second-order valence-electron chi connectivity index (χ2n) is 6.32. The van der Waals surface area contributed by atoms with E-state index in [2.05, 4.69) is 31.0 Å². The first kappa shape index (κ1) is 15.4.